The van der Waals surface area contributed by atoms with E-state index in [2.05, 4.69) is 56.7 Å². The van der Waals surface area contributed by atoms with Crippen molar-refractivity contribution < 1.29 is 4.79 Å². The van der Waals surface area contributed by atoms with Gasteiger partial charge in [-0.25, -0.2) is 9.78 Å². The number of amides is 2. The van der Waals surface area contributed by atoms with Crippen molar-refractivity contribution in [2.75, 3.05) is 36.5 Å². The predicted molar refractivity (Wildman–Crippen MR) is 122 cm³/mol. The summed E-state index contributed by atoms with van der Waals surface area (Å²) < 4.78 is 0. The van der Waals surface area contributed by atoms with Crippen LogP contribution >= 0.6 is 0 Å². The Morgan fingerprint density at radius 1 is 0.933 bits per heavy atom. The SMILES string of the molecule is CN1CCCc2cc(CNC(=O)NCc3ccnc(N4CCCCCC4)c3)ccc21. The molecule has 0 saturated carbocycles. The van der Waals surface area contributed by atoms with Crippen LogP contribution in [0.3, 0.4) is 0 Å². The lowest BCUT2D eigenvalue weighted by Crippen LogP contribution is -2.34. The zero-order valence-corrected chi connectivity index (χ0v) is 18.0. The number of nitrogens with one attached hydrogen (secondary N) is 2. The summed E-state index contributed by atoms with van der Waals surface area (Å²) in [5, 5.41) is 5.96. The Hall–Kier alpha value is -2.76. The normalized spacial score (nSPS) is 16.6. The van der Waals surface area contributed by atoms with Crippen LogP contribution in [0.25, 0.3) is 0 Å². The van der Waals surface area contributed by atoms with Crippen LogP contribution in [0.4, 0.5) is 16.3 Å². The van der Waals surface area contributed by atoms with Crippen LogP contribution in [-0.4, -0.2) is 37.7 Å². The van der Waals surface area contributed by atoms with Crippen LogP contribution in [0.1, 0.15) is 48.8 Å². The van der Waals surface area contributed by atoms with Crippen LogP contribution in [0.5, 0.6) is 0 Å². The molecule has 4 rings (SSSR count). The third kappa shape index (κ3) is 5.23. The lowest BCUT2D eigenvalue weighted by molar-refractivity contribution is 0.240. The highest BCUT2D eigenvalue weighted by molar-refractivity contribution is 5.74. The third-order valence-electron chi connectivity index (χ3n) is 6.14. The summed E-state index contributed by atoms with van der Waals surface area (Å²) >= 11 is 0. The van der Waals surface area contributed by atoms with Gasteiger partial charge in [0.1, 0.15) is 5.82 Å². The number of rotatable bonds is 5. The zero-order valence-electron chi connectivity index (χ0n) is 18.0. The van der Waals surface area contributed by atoms with Crippen molar-refractivity contribution >= 4 is 17.5 Å². The van der Waals surface area contributed by atoms with Gasteiger partial charge in [-0.2, -0.15) is 0 Å². The maximum atomic E-state index is 12.3. The lowest BCUT2D eigenvalue weighted by Gasteiger charge is -2.27. The van der Waals surface area contributed by atoms with E-state index in [1.165, 1.54) is 43.4 Å². The van der Waals surface area contributed by atoms with E-state index in [1.54, 1.807) is 0 Å². The Morgan fingerprint density at radius 2 is 1.67 bits per heavy atom. The second kappa shape index (κ2) is 9.83. The van der Waals surface area contributed by atoms with E-state index < -0.39 is 0 Å². The summed E-state index contributed by atoms with van der Waals surface area (Å²) in [4.78, 5) is 21.5. The highest BCUT2D eigenvalue weighted by Crippen LogP contribution is 2.26. The summed E-state index contributed by atoms with van der Waals surface area (Å²) in [6.07, 6.45) is 9.21. The second-order valence-electron chi connectivity index (χ2n) is 8.45. The fourth-order valence-electron chi connectivity index (χ4n) is 4.42. The van der Waals surface area contributed by atoms with Gasteiger partial charge in [0.2, 0.25) is 0 Å². The Balaban J connectivity index is 1.27. The molecule has 0 radical (unpaired) electrons. The number of aromatic nitrogens is 1. The van der Waals surface area contributed by atoms with Crippen LogP contribution < -0.4 is 20.4 Å². The van der Waals surface area contributed by atoms with Gasteiger partial charge in [-0.15, -0.1) is 0 Å². The highest BCUT2D eigenvalue weighted by atomic mass is 16.2. The van der Waals surface area contributed by atoms with Gasteiger partial charge < -0.3 is 20.4 Å². The number of carbonyl (C=O) groups excluding carboxylic acids is 1. The summed E-state index contributed by atoms with van der Waals surface area (Å²) in [7, 11) is 2.14. The number of urea groups is 1. The number of benzene rings is 1. The number of hydrogen-bond donors (Lipinski definition) is 2. The predicted octanol–water partition coefficient (Wildman–Crippen LogP) is 3.84. The van der Waals surface area contributed by atoms with Gasteiger partial charge in [0, 0.05) is 51.7 Å². The minimum absolute atomic E-state index is 0.141. The van der Waals surface area contributed by atoms with Gasteiger partial charge in [0.15, 0.2) is 0 Å². The van der Waals surface area contributed by atoms with Crippen LogP contribution in [-0.2, 0) is 19.5 Å². The molecule has 0 bridgehead atoms. The standard InChI is InChI=1S/C24H33N5O/c1-28-12-6-7-21-15-19(8-9-22(21)28)17-26-24(30)27-18-20-10-11-25-23(16-20)29-13-4-2-3-5-14-29/h8-11,15-16H,2-7,12-14,17-18H2,1H3,(H2,26,27,30). The average Bonchev–Trinajstić information content (AvgIpc) is 3.06. The largest absolute Gasteiger partial charge is 0.374 e. The van der Waals surface area contributed by atoms with Crippen molar-refractivity contribution in [1.29, 1.82) is 0 Å². The van der Waals surface area contributed by atoms with E-state index in [1.807, 2.05) is 12.3 Å². The number of aryl methyl sites for hydroxylation is 1. The molecule has 2 aliphatic heterocycles. The molecule has 30 heavy (non-hydrogen) atoms. The van der Waals surface area contributed by atoms with Crippen LogP contribution in [0.15, 0.2) is 36.5 Å². The van der Waals surface area contributed by atoms with Crippen molar-refractivity contribution in [2.45, 2.75) is 51.6 Å². The van der Waals surface area contributed by atoms with Crippen LogP contribution in [0.2, 0.25) is 0 Å². The number of anilines is 2. The molecular formula is C24H33N5O. The van der Waals surface area contributed by atoms with Crippen molar-refractivity contribution in [3.63, 3.8) is 0 Å². The van der Waals surface area contributed by atoms with E-state index in [4.69, 9.17) is 0 Å². The molecule has 2 aliphatic rings. The maximum Gasteiger partial charge on any atom is 0.315 e. The minimum Gasteiger partial charge on any atom is -0.374 e. The Bertz CT molecular complexity index is 860. The number of hydrogen-bond acceptors (Lipinski definition) is 4. The third-order valence-corrected chi connectivity index (χ3v) is 6.14. The summed E-state index contributed by atoms with van der Waals surface area (Å²) in [5.74, 6) is 1.02. The average molecular weight is 408 g/mol. The van der Waals surface area contributed by atoms with Gasteiger partial charge in [0.05, 0.1) is 0 Å². The summed E-state index contributed by atoms with van der Waals surface area (Å²) in [6.45, 7) is 4.30. The molecule has 6 heteroatoms. The monoisotopic (exact) mass is 407 g/mol. The smallest absolute Gasteiger partial charge is 0.315 e. The Morgan fingerprint density at radius 3 is 2.43 bits per heavy atom. The van der Waals surface area contributed by atoms with Gasteiger partial charge in [-0.1, -0.05) is 25.0 Å². The Labute approximate surface area is 179 Å². The molecule has 0 spiro atoms. The molecule has 1 fully saturated rings. The number of carbonyl (C=O) groups is 1. The van der Waals surface area contributed by atoms with E-state index in [0.29, 0.717) is 13.1 Å². The van der Waals surface area contributed by atoms with Crippen molar-refractivity contribution in [3.8, 4) is 0 Å². The zero-order chi connectivity index (χ0) is 20.8. The van der Waals surface area contributed by atoms with Crippen LogP contribution in [0, 0.1) is 0 Å². The molecule has 160 valence electrons. The fourth-order valence-corrected chi connectivity index (χ4v) is 4.42. The lowest BCUT2D eigenvalue weighted by atomic mass is 9.99. The molecule has 3 heterocycles. The first kappa shape index (κ1) is 20.5. The molecule has 2 amide bonds. The van der Waals surface area contributed by atoms with Crippen molar-refractivity contribution in [1.82, 2.24) is 15.6 Å². The fraction of sp³-hybridized carbons (Fsp3) is 0.500. The van der Waals surface area contributed by atoms with E-state index in [9.17, 15) is 4.79 Å². The summed E-state index contributed by atoms with van der Waals surface area (Å²) in [5.41, 5.74) is 4.91. The highest BCUT2D eigenvalue weighted by Gasteiger charge is 2.14. The second-order valence-corrected chi connectivity index (χ2v) is 8.45. The van der Waals surface area contributed by atoms with Gasteiger partial charge in [-0.05, 0) is 60.6 Å². The molecule has 0 atom stereocenters. The molecule has 1 saturated heterocycles. The van der Waals surface area contributed by atoms with E-state index >= 15 is 0 Å². The first-order valence-electron chi connectivity index (χ1n) is 11.2. The molecule has 6 nitrogen and oxygen atoms in total. The first-order chi connectivity index (χ1) is 14.7. The minimum atomic E-state index is -0.141. The molecule has 2 N–H and O–H groups in total. The molecule has 1 aromatic heterocycles. The Kier molecular flexibility index (Phi) is 6.72. The number of pyridine rings is 1. The van der Waals surface area contributed by atoms with Crippen molar-refractivity contribution in [3.05, 3.63) is 53.2 Å². The van der Waals surface area contributed by atoms with E-state index in [0.717, 1.165) is 43.0 Å². The molecule has 0 unspecified atom stereocenters. The molecule has 1 aromatic carbocycles. The molecule has 0 aliphatic carbocycles. The first-order valence-corrected chi connectivity index (χ1v) is 11.2. The van der Waals surface area contributed by atoms with E-state index in [-0.39, 0.29) is 6.03 Å². The topological polar surface area (TPSA) is 60.5 Å². The van der Waals surface area contributed by atoms with Gasteiger partial charge in [0.25, 0.3) is 0 Å². The summed E-state index contributed by atoms with van der Waals surface area (Å²) in [6, 6.07) is 10.4. The van der Waals surface area contributed by atoms with Gasteiger partial charge >= 0.3 is 6.03 Å². The quantitative estimate of drug-likeness (QED) is 0.791. The molecular weight excluding hydrogens is 374 g/mol. The maximum absolute atomic E-state index is 12.3. The van der Waals surface area contributed by atoms with Crippen molar-refractivity contribution in [2.24, 2.45) is 0 Å². The number of nitrogens with zero attached hydrogens (tertiary/aromatic N) is 3. The number of fused-ring (bicyclic) bond motifs is 1. The molecule has 2 aromatic rings. The van der Waals surface area contributed by atoms with Gasteiger partial charge in [-0.3, -0.25) is 0 Å².